The summed E-state index contributed by atoms with van der Waals surface area (Å²) in [6, 6.07) is 24.1. The molecule has 0 N–H and O–H groups in total. The molecule has 3 aliphatic heterocycles. The first kappa shape index (κ1) is 27.3. The van der Waals surface area contributed by atoms with E-state index in [1.54, 1.807) is 4.90 Å². The van der Waals surface area contributed by atoms with Crippen LogP contribution in [0.3, 0.4) is 0 Å². The molecule has 3 atom stereocenters. The largest absolute Gasteiger partial charge is 0.338 e. The van der Waals surface area contributed by atoms with Crippen molar-refractivity contribution in [3.8, 4) is 0 Å². The lowest BCUT2D eigenvalue weighted by Gasteiger charge is -2.45. The maximum Gasteiger partial charge on any atom is 0.256 e. The number of para-hydroxylation sites is 2. The number of aryl methyl sites for hydroxylation is 1. The highest BCUT2D eigenvalue weighted by molar-refractivity contribution is 5.94. The molecule has 7 heteroatoms. The van der Waals surface area contributed by atoms with Gasteiger partial charge in [0.05, 0.1) is 16.6 Å². The number of likely N-dealkylation sites (tertiary alicyclic amines) is 1. The van der Waals surface area contributed by atoms with E-state index in [1.807, 2.05) is 0 Å². The van der Waals surface area contributed by atoms with Gasteiger partial charge in [-0.25, -0.2) is 13.8 Å². The number of rotatable bonds is 6. The van der Waals surface area contributed by atoms with Crippen LogP contribution in [0.1, 0.15) is 72.7 Å². The molecule has 1 aromatic heterocycles. The zero-order chi connectivity index (χ0) is 28.8. The quantitative estimate of drug-likeness (QED) is 0.250. The Bertz CT molecular complexity index is 1580. The molecule has 4 heterocycles. The molecule has 3 saturated heterocycles. The minimum absolute atomic E-state index is 0.0349. The molecule has 0 spiro atoms. The van der Waals surface area contributed by atoms with Crippen LogP contribution in [-0.2, 0) is 5.41 Å². The number of fused-ring (bicyclic) bond motifs is 3. The molecule has 0 aliphatic carbocycles. The van der Waals surface area contributed by atoms with Crippen LogP contribution >= 0.6 is 0 Å². The Kier molecular flexibility index (Phi) is 7.09. The second-order valence-electron chi connectivity index (χ2n) is 12.6. The summed E-state index contributed by atoms with van der Waals surface area (Å²) in [6.45, 7) is 4.31. The second-order valence-corrected chi connectivity index (χ2v) is 12.6. The van der Waals surface area contributed by atoms with Crippen molar-refractivity contribution in [2.75, 3.05) is 19.6 Å². The van der Waals surface area contributed by atoms with Crippen molar-refractivity contribution in [1.82, 2.24) is 19.4 Å². The highest BCUT2D eigenvalue weighted by atomic mass is 19.1. The van der Waals surface area contributed by atoms with Gasteiger partial charge in [-0.2, -0.15) is 0 Å². The van der Waals surface area contributed by atoms with Gasteiger partial charge in [0.2, 0.25) is 0 Å². The number of nitrogens with zero attached hydrogens (tertiary/aromatic N) is 4. The Hall–Kier alpha value is -3.58. The van der Waals surface area contributed by atoms with Gasteiger partial charge in [-0.1, -0.05) is 42.5 Å². The fourth-order valence-electron chi connectivity index (χ4n) is 8.24. The molecule has 1 amide bonds. The zero-order valence-electron chi connectivity index (χ0n) is 24.2. The Morgan fingerprint density at radius 2 is 1.60 bits per heavy atom. The minimum Gasteiger partial charge on any atom is -0.338 e. The zero-order valence-corrected chi connectivity index (χ0v) is 24.2. The van der Waals surface area contributed by atoms with Crippen molar-refractivity contribution in [1.29, 1.82) is 0 Å². The molecule has 7 rings (SSSR count). The standard InChI is InChI=1S/C35H38F2N4O/c1-24-38-32-9-5-6-10-33(32)41(24)29-22-27-12-13-28(23-29)40(27)20-17-35(25-7-3-2-4-8-25)15-18-39(19-16-35)34(42)30-14-11-26(36)21-31(30)37/h2-11,14,21,27-29H,12-13,15-20,22-23H2,1H3/t27-,28+,29+. The summed E-state index contributed by atoms with van der Waals surface area (Å²) < 4.78 is 30.3. The smallest absolute Gasteiger partial charge is 0.256 e. The first-order valence-corrected chi connectivity index (χ1v) is 15.4. The first-order valence-electron chi connectivity index (χ1n) is 15.4. The molecule has 3 aliphatic rings. The summed E-state index contributed by atoms with van der Waals surface area (Å²) >= 11 is 0. The Labute approximate surface area is 246 Å². The monoisotopic (exact) mass is 568 g/mol. The molecule has 4 aromatic rings. The summed E-state index contributed by atoms with van der Waals surface area (Å²) in [4.78, 5) is 22.5. The summed E-state index contributed by atoms with van der Waals surface area (Å²) in [5.74, 6) is -0.703. The third-order valence-electron chi connectivity index (χ3n) is 10.4. The Balaban J connectivity index is 1.06. The minimum atomic E-state index is -0.794. The van der Waals surface area contributed by atoms with Crippen LogP contribution in [0, 0.1) is 18.6 Å². The van der Waals surface area contributed by atoms with Crippen LogP contribution in [0.25, 0.3) is 11.0 Å². The van der Waals surface area contributed by atoms with Crippen LogP contribution in [0.15, 0.2) is 72.8 Å². The summed E-state index contributed by atoms with van der Waals surface area (Å²) in [7, 11) is 0. The van der Waals surface area contributed by atoms with Crippen LogP contribution in [0.4, 0.5) is 8.78 Å². The first-order chi connectivity index (χ1) is 20.4. The predicted octanol–water partition coefficient (Wildman–Crippen LogP) is 7.06. The maximum atomic E-state index is 14.4. The van der Waals surface area contributed by atoms with Gasteiger partial charge < -0.3 is 9.47 Å². The predicted molar refractivity (Wildman–Crippen MR) is 160 cm³/mol. The number of amides is 1. The van der Waals surface area contributed by atoms with Crippen LogP contribution in [-0.4, -0.2) is 57.0 Å². The SMILES string of the molecule is Cc1nc2ccccc2n1[C@H]1C[C@H]2CC[C@@H](C1)N2CCC1(c2ccccc2)CCN(C(=O)c2ccc(F)cc2F)CC1. The third-order valence-corrected chi connectivity index (χ3v) is 10.4. The van der Waals surface area contributed by atoms with Crippen molar-refractivity contribution < 1.29 is 13.6 Å². The highest BCUT2D eigenvalue weighted by Crippen LogP contribution is 2.45. The molecular weight excluding hydrogens is 530 g/mol. The van der Waals surface area contributed by atoms with Crippen molar-refractivity contribution >= 4 is 16.9 Å². The number of carbonyl (C=O) groups is 1. The topological polar surface area (TPSA) is 41.4 Å². The van der Waals surface area contributed by atoms with Crippen molar-refractivity contribution in [3.63, 3.8) is 0 Å². The Morgan fingerprint density at radius 1 is 0.905 bits per heavy atom. The average Bonchev–Trinajstić information content (AvgIpc) is 3.46. The highest BCUT2D eigenvalue weighted by Gasteiger charge is 2.44. The van der Waals surface area contributed by atoms with E-state index in [0.717, 1.165) is 62.1 Å². The van der Waals surface area contributed by atoms with Gasteiger partial charge in [-0.15, -0.1) is 0 Å². The summed E-state index contributed by atoms with van der Waals surface area (Å²) in [5, 5.41) is 0. The molecular formula is C35H38F2N4O. The number of piperidine rings is 2. The van der Waals surface area contributed by atoms with Gasteiger partial charge in [0.25, 0.3) is 5.91 Å². The number of halogens is 2. The fourth-order valence-corrected chi connectivity index (χ4v) is 8.24. The summed E-state index contributed by atoms with van der Waals surface area (Å²) in [6.07, 6.45) is 7.50. The number of imidazole rings is 1. The van der Waals surface area contributed by atoms with E-state index in [0.29, 0.717) is 31.2 Å². The normalized spacial score (nSPS) is 23.9. The molecule has 3 fully saturated rings. The van der Waals surface area contributed by atoms with Crippen LogP contribution in [0.2, 0.25) is 0 Å². The van der Waals surface area contributed by atoms with E-state index < -0.39 is 11.6 Å². The van der Waals surface area contributed by atoms with E-state index in [1.165, 1.54) is 30.0 Å². The maximum absolute atomic E-state index is 14.4. The number of aromatic nitrogens is 2. The number of carbonyl (C=O) groups excluding carboxylic acids is 1. The van der Waals surface area contributed by atoms with Crippen molar-refractivity contribution in [3.05, 3.63) is 101 Å². The third kappa shape index (κ3) is 4.81. The van der Waals surface area contributed by atoms with Gasteiger partial charge in [-0.05, 0) is 93.7 Å². The lowest BCUT2D eigenvalue weighted by Crippen LogP contribution is -2.49. The van der Waals surface area contributed by atoms with Gasteiger partial charge in [0.15, 0.2) is 0 Å². The van der Waals surface area contributed by atoms with E-state index in [9.17, 15) is 13.6 Å². The van der Waals surface area contributed by atoms with E-state index >= 15 is 0 Å². The lowest BCUT2D eigenvalue weighted by atomic mass is 9.70. The van der Waals surface area contributed by atoms with Gasteiger partial charge in [0, 0.05) is 37.3 Å². The van der Waals surface area contributed by atoms with Gasteiger partial charge >= 0.3 is 0 Å². The van der Waals surface area contributed by atoms with E-state index in [2.05, 4.69) is 71.0 Å². The molecule has 218 valence electrons. The second kappa shape index (κ2) is 10.9. The molecule has 0 unspecified atom stereocenters. The average molecular weight is 569 g/mol. The van der Waals surface area contributed by atoms with Crippen molar-refractivity contribution in [2.24, 2.45) is 0 Å². The van der Waals surface area contributed by atoms with Gasteiger partial charge in [-0.3, -0.25) is 9.69 Å². The number of benzene rings is 3. The fraction of sp³-hybridized carbons (Fsp3) is 0.429. The molecule has 42 heavy (non-hydrogen) atoms. The number of hydrogen-bond donors (Lipinski definition) is 0. The Morgan fingerprint density at radius 3 is 2.31 bits per heavy atom. The van der Waals surface area contributed by atoms with E-state index in [4.69, 9.17) is 4.98 Å². The van der Waals surface area contributed by atoms with Crippen LogP contribution < -0.4 is 0 Å². The molecule has 3 aromatic carbocycles. The van der Waals surface area contributed by atoms with E-state index in [-0.39, 0.29) is 16.9 Å². The van der Waals surface area contributed by atoms with Crippen molar-refractivity contribution in [2.45, 2.75) is 75.4 Å². The molecule has 0 radical (unpaired) electrons. The van der Waals surface area contributed by atoms with Gasteiger partial charge in [0.1, 0.15) is 17.5 Å². The number of hydrogen-bond acceptors (Lipinski definition) is 3. The molecule has 5 nitrogen and oxygen atoms in total. The molecule has 0 saturated carbocycles. The summed E-state index contributed by atoms with van der Waals surface area (Å²) in [5.41, 5.74) is 3.57. The molecule has 2 bridgehead atoms. The lowest BCUT2D eigenvalue weighted by molar-refractivity contribution is 0.0603. The van der Waals surface area contributed by atoms with Crippen LogP contribution in [0.5, 0.6) is 0 Å².